The van der Waals surface area contributed by atoms with Gasteiger partial charge in [-0.25, -0.2) is 9.97 Å². The Balaban J connectivity index is 1.49. The molecule has 0 bridgehead atoms. The van der Waals surface area contributed by atoms with Crippen LogP contribution in [0.2, 0.25) is 10.0 Å². The number of halogens is 2. The minimum absolute atomic E-state index is 0.0635. The Labute approximate surface area is 235 Å². The van der Waals surface area contributed by atoms with Crippen molar-refractivity contribution in [1.82, 2.24) is 29.6 Å². The van der Waals surface area contributed by atoms with E-state index in [2.05, 4.69) is 58.3 Å². The van der Waals surface area contributed by atoms with E-state index < -0.39 is 5.56 Å². The molecule has 4 heterocycles. The summed E-state index contributed by atoms with van der Waals surface area (Å²) in [5, 5.41) is 8.81. The molecule has 1 aliphatic rings. The third kappa shape index (κ3) is 4.65. The molecule has 0 radical (unpaired) electrons. The summed E-state index contributed by atoms with van der Waals surface area (Å²) >= 11 is 12.9. The van der Waals surface area contributed by atoms with Crippen molar-refractivity contribution >= 4 is 45.7 Å². The van der Waals surface area contributed by atoms with Crippen LogP contribution in [0.1, 0.15) is 25.0 Å². The van der Waals surface area contributed by atoms with Crippen LogP contribution in [0.3, 0.4) is 0 Å². The zero-order chi connectivity index (χ0) is 27.3. The van der Waals surface area contributed by atoms with E-state index in [0.29, 0.717) is 32.9 Å². The molecule has 0 saturated carbocycles. The summed E-state index contributed by atoms with van der Waals surface area (Å²) in [4.78, 5) is 29.6. The first kappa shape index (κ1) is 25.4. The molecule has 39 heavy (non-hydrogen) atoms. The quantitative estimate of drug-likeness (QED) is 0.289. The van der Waals surface area contributed by atoms with Crippen LogP contribution in [-0.4, -0.2) is 43.2 Å². The lowest BCUT2D eigenvalue weighted by Crippen LogP contribution is -2.39. The van der Waals surface area contributed by atoms with Crippen molar-refractivity contribution in [2.24, 2.45) is 0 Å². The van der Waals surface area contributed by atoms with Gasteiger partial charge in [-0.15, -0.1) is 0 Å². The summed E-state index contributed by atoms with van der Waals surface area (Å²) in [6, 6.07) is 16.8. The first-order chi connectivity index (χ1) is 18.7. The van der Waals surface area contributed by atoms with Gasteiger partial charge >= 0.3 is 0 Å². The van der Waals surface area contributed by atoms with Crippen LogP contribution >= 0.6 is 23.2 Å². The van der Waals surface area contributed by atoms with E-state index in [1.54, 1.807) is 24.4 Å². The highest BCUT2D eigenvalue weighted by Crippen LogP contribution is 2.35. The number of rotatable bonds is 4. The number of hydrogen-bond acceptors (Lipinski definition) is 7. The number of benzene rings is 2. The number of fused-ring (bicyclic) bond motifs is 2. The lowest BCUT2D eigenvalue weighted by atomic mass is 9.78. The molecule has 10 heteroatoms. The van der Waals surface area contributed by atoms with Gasteiger partial charge in [0.1, 0.15) is 16.9 Å². The Morgan fingerprint density at radius 3 is 2.54 bits per heavy atom. The molecule has 8 nitrogen and oxygen atoms in total. The molecule has 0 amide bonds. The Hall–Kier alpha value is -3.85. The third-order valence-electron chi connectivity index (χ3n) is 6.89. The van der Waals surface area contributed by atoms with E-state index in [1.165, 1.54) is 22.0 Å². The standard InChI is InChI=1S/C29H25Cl2N7O/c1-29(2)16-37(3)15-17-13-18(10-11-20(17)29)34-28-33-14-19-24(35-28)25(23-9-4-5-12-32-23)36-38(27(19)39)26-21(30)7-6-8-22(26)31/h4-14H,15-16H2,1-3H3,(H,33,34,35). The zero-order valence-electron chi connectivity index (χ0n) is 21.6. The molecule has 0 fully saturated rings. The Bertz CT molecular complexity index is 1770. The van der Waals surface area contributed by atoms with Crippen molar-refractivity contribution < 1.29 is 0 Å². The Kier molecular flexibility index (Phi) is 6.33. The lowest BCUT2D eigenvalue weighted by molar-refractivity contribution is 0.236. The molecule has 196 valence electrons. The van der Waals surface area contributed by atoms with Crippen LogP contribution < -0.4 is 10.9 Å². The molecular weight excluding hydrogens is 533 g/mol. The topological polar surface area (TPSA) is 88.8 Å². The molecule has 0 aliphatic carbocycles. The predicted molar refractivity (Wildman–Crippen MR) is 155 cm³/mol. The summed E-state index contributed by atoms with van der Waals surface area (Å²) in [7, 11) is 2.13. The molecular formula is C29H25Cl2N7O. The predicted octanol–water partition coefficient (Wildman–Crippen LogP) is 6.01. The minimum Gasteiger partial charge on any atom is -0.324 e. The van der Waals surface area contributed by atoms with Crippen LogP contribution in [0, 0.1) is 0 Å². The molecule has 0 saturated heterocycles. The SMILES string of the molecule is CN1Cc2cc(Nc3ncc4c(=O)n(-c5c(Cl)cccc5Cl)nc(-c5ccccn5)c4n3)ccc2C(C)(C)C1. The normalized spacial score (nSPS) is 14.8. The number of anilines is 2. The van der Waals surface area contributed by atoms with E-state index in [-0.39, 0.29) is 16.5 Å². The van der Waals surface area contributed by atoms with Crippen molar-refractivity contribution in [3.8, 4) is 17.1 Å². The van der Waals surface area contributed by atoms with Crippen LogP contribution in [0.15, 0.2) is 71.8 Å². The lowest BCUT2D eigenvalue weighted by Gasteiger charge is -2.38. The van der Waals surface area contributed by atoms with Gasteiger partial charge in [-0.1, -0.05) is 55.2 Å². The van der Waals surface area contributed by atoms with Gasteiger partial charge in [0.2, 0.25) is 5.95 Å². The summed E-state index contributed by atoms with van der Waals surface area (Å²) < 4.78 is 1.19. The van der Waals surface area contributed by atoms with Crippen LogP contribution in [0.5, 0.6) is 0 Å². The molecule has 2 aromatic carbocycles. The van der Waals surface area contributed by atoms with Crippen LogP contribution in [-0.2, 0) is 12.0 Å². The minimum atomic E-state index is -0.440. The molecule has 1 N–H and O–H groups in total. The summed E-state index contributed by atoms with van der Waals surface area (Å²) in [6.45, 7) is 6.39. The number of likely N-dealkylation sites (N-methyl/N-ethyl adjacent to an activating group) is 1. The van der Waals surface area contributed by atoms with Gasteiger partial charge in [0, 0.05) is 36.6 Å². The fraction of sp³-hybridized carbons (Fsp3) is 0.207. The van der Waals surface area contributed by atoms with Gasteiger partial charge in [-0.2, -0.15) is 9.78 Å². The largest absolute Gasteiger partial charge is 0.324 e. The van der Waals surface area contributed by atoms with E-state index in [0.717, 1.165) is 18.8 Å². The van der Waals surface area contributed by atoms with Crippen molar-refractivity contribution in [3.05, 3.63) is 98.5 Å². The second kappa shape index (κ2) is 9.72. The molecule has 6 rings (SSSR count). The Morgan fingerprint density at radius 2 is 1.79 bits per heavy atom. The first-order valence-electron chi connectivity index (χ1n) is 12.5. The van der Waals surface area contributed by atoms with E-state index in [9.17, 15) is 4.79 Å². The maximum absolute atomic E-state index is 13.6. The summed E-state index contributed by atoms with van der Waals surface area (Å²) in [5.74, 6) is 0.345. The second-order valence-electron chi connectivity index (χ2n) is 10.4. The smallest absolute Gasteiger partial charge is 0.282 e. The number of aromatic nitrogens is 5. The highest BCUT2D eigenvalue weighted by Gasteiger charge is 2.30. The van der Waals surface area contributed by atoms with Crippen molar-refractivity contribution in [3.63, 3.8) is 0 Å². The molecule has 3 aromatic heterocycles. The van der Waals surface area contributed by atoms with E-state index in [4.69, 9.17) is 28.2 Å². The van der Waals surface area contributed by atoms with Gasteiger partial charge < -0.3 is 10.2 Å². The maximum Gasteiger partial charge on any atom is 0.282 e. The first-order valence-corrected chi connectivity index (χ1v) is 13.2. The van der Waals surface area contributed by atoms with Gasteiger partial charge in [-0.05, 0) is 54.6 Å². The number of hydrogen-bond donors (Lipinski definition) is 1. The number of nitrogens with one attached hydrogen (secondary N) is 1. The summed E-state index contributed by atoms with van der Waals surface area (Å²) in [5.41, 5.74) is 4.69. The average Bonchev–Trinajstić information content (AvgIpc) is 2.89. The molecule has 0 unspecified atom stereocenters. The average molecular weight is 558 g/mol. The van der Waals surface area contributed by atoms with Crippen molar-refractivity contribution in [2.75, 3.05) is 18.9 Å². The van der Waals surface area contributed by atoms with Gasteiger partial charge in [0.25, 0.3) is 5.56 Å². The summed E-state index contributed by atoms with van der Waals surface area (Å²) in [6.07, 6.45) is 3.16. The monoisotopic (exact) mass is 557 g/mol. The van der Waals surface area contributed by atoms with E-state index >= 15 is 0 Å². The van der Waals surface area contributed by atoms with Gasteiger partial charge in [0.05, 0.1) is 21.1 Å². The highest BCUT2D eigenvalue weighted by molar-refractivity contribution is 6.37. The van der Waals surface area contributed by atoms with Crippen molar-refractivity contribution in [1.29, 1.82) is 0 Å². The fourth-order valence-corrected chi connectivity index (χ4v) is 5.86. The molecule has 0 atom stereocenters. The highest BCUT2D eigenvalue weighted by atomic mass is 35.5. The van der Waals surface area contributed by atoms with Gasteiger partial charge in [-0.3, -0.25) is 9.78 Å². The maximum atomic E-state index is 13.6. The van der Waals surface area contributed by atoms with Crippen molar-refractivity contribution in [2.45, 2.75) is 25.8 Å². The second-order valence-corrected chi connectivity index (χ2v) is 11.2. The molecule has 1 aliphatic heterocycles. The van der Waals surface area contributed by atoms with Crippen LogP contribution in [0.25, 0.3) is 28.0 Å². The molecule has 0 spiro atoms. The number of pyridine rings is 1. The molecule has 5 aromatic rings. The number of para-hydroxylation sites is 1. The van der Waals surface area contributed by atoms with Crippen LogP contribution in [0.4, 0.5) is 11.6 Å². The third-order valence-corrected chi connectivity index (χ3v) is 7.50. The number of nitrogens with zero attached hydrogens (tertiary/aromatic N) is 6. The van der Waals surface area contributed by atoms with Gasteiger partial charge in [0.15, 0.2) is 0 Å². The Morgan fingerprint density at radius 1 is 1.00 bits per heavy atom. The van der Waals surface area contributed by atoms with E-state index in [1.807, 2.05) is 24.3 Å². The fourth-order valence-electron chi connectivity index (χ4n) is 5.30. The zero-order valence-corrected chi connectivity index (χ0v) is 23.1.